The third-order valence-electron chi connectivity index (χ3n) is 3.14. The van der Waals surface area contributed by atoms with Gasteiger partial charge in [-0.25, -0.2) is 0 Å². The number of benzene rings is 2. The first-order chi connectivity index (χ1) is 9.38. The summed E-state index contributed by atoms with van der Waals surface area (Å²) >= 11 is 12.3. The normalized spacial score (nSPS) is 11.4. The van der Waals surface area contributed by atoms with Crippen molar-refractivity contribution >= 4 is 23.2 Å². The second kappa shape index (κ2) is 6.07. The van der Waals surface area contributed by atoms with E-state index in [0.29, 0.717) is 16.7 Å². The van der Waals surface area contributed by atoms with Crippen LogP contribution >= 0.6 is 23.2 Å². The number of rotatable bonds is 3. The Balaban J connectivity index is 2.16. The van der Waals surface area contributed by atoms with Gasteiger partial charge in [0.2, 0.25) is 0 Å². The third-order valence-corrected chi connectivity index (χ3v) is 3.85. The Kier molecular flexibility index (Phi) is 4.62. The summed E-state index contributed by atoms with van der Waals surface area (Å²) in [5.74, 6) is 0.827. The Bertz CT molecular complexity index is 580. The van der Waals surface area contributed by atoms with Gasteiger partial charge in [-0.1, -0.05) is 62.2 Å². The molecule has 0 atom stereocenters. The number of ether oxygens (including phenoxy) is 1. The van der Waals surface area contributed by atoms with Gasteiger partial charge in [0, 0.05) is 15.6 Å². The SMILES string of the molecule is CC(C)(C)c1cccc(OCc2c(Cl)cccc2Cl)c1. The Hall–Kier alpha value is -1.18. The van der Waals surface area contributed by atoms with Crippen LogP contribution < -0.4 is 4.74 Å². The van der Waals surface area contributed by atoms with E-state index in [9.17, 15) is 0 Å². The van der Waals surface area contributed by atoms with E-state index in [1.807, 2.05) is 30.3 Å². The maximum Gasteiger partial charge on any atom is 0.120 e. The van der Waals surface area contributed by atoms with E-state index in [-0.39, 0.29) is 5.41 Å². The second-order valence-corrected chi connectivity index (χ2v) is 6.58. The highest BCUT2D eigenvalue weighted by Gasteiger charge is 2.14. The summed E-state index contributed by atoms with van der Waals surface area (Å²) in [6.45, 7) is 6.90. The van der Waals surface area contributed by atoms with Crippen LogP contribution in [0.2, 0.25) is 10.0 Å². The molecular weight excluding hydrogens is 291 g/mol. The van der Waals surface area contributed by atoms with Crippen molar-refractivity contribution in [1.82, 2.24) is 0 Å². The number of hydrogen-bond donors (Lipinski definition) is 0. The summed E-state index contributed by atoms with van der Waals surface area (Å²) in [5, 5.41) is 1.26. The van der Waals surface area contributed by atoms with Crippen LogP contribution in [0.3, 0.4) is 0 Å². The average molecular weight is 309 g/mol. The molecule has 0 radical (unpaired) electrons. The Labute approximate surface area is 130 Å². The van der Waals surface area contributed by atoms with Crippen molar-refractivity contribution in [2.45, 2.75) is 32.8 Å². The van der Waals surface area contributed by atoms with Crippen LogP contribution in [-0.4, -0.2) is 0 Å². The number of hydrogen-bond acceptors (Lipinski definition) is 1. The minimum Gasteiger partial charge on any atom is -0.489 e. The van der Waals surface area contributed by atoms with E-state index in [1.165, 1.54) is 5.56 Å². The molecule has 0 N–H and O–H groups in total. The summed E-state index contributed by atoms with van der Waals surface area (Å²) < 4.78 is 5.82. The molecule has 0 unspecified atom stereocenters. The largest absolute Gasteiger partial charge is 0.489 e. The van der Waals surface area contributed by atoms with Crippen molar-refractivity contribution in [2.24, 2.45) is 0 Å². The number of halogens is 2. The molecule has 0 saturated carbocycles. The lowest BCUT2D eigenvalue weighted by Crippen LogP contribution is -2.11. The summed E-state index contributed by atoms with van der Waals surface area (Å²) in [6.07, 6.45) is 0. The van der Waals surface area contributed by atoms with Gasteiger partial charge in [-0.2, -0.15) is 0 Å². The van der Waals surface area contributed by atoms with E-state index in [4.69, 9.17) is 27.9 Å². The summed E-state index contributed by atoms with van der Waals surface area (Å²) in [7, 11) is 0. The maximum atomic E-state index is 6.14. The zero-order valence-corrected chi connectivity index (χ0v) is 13.4. The molecule has 2 aromatic rings. The molecule has 1 nitrogen and oxygen atoms in total. The van der Waals surface area contributed by atoms with Crippen LogP contribution in [0.4, 0.5) is 0 Å². The summed E-state index contributed by atoms with van der Waals surface area (Å²) in [5.41, 5.74) is 2.15. The summed E-state index contributed by atoms with van der Waals surface area (Å²) in [4.78, 5) is 0. The lowest BCUT2D eigenvalue weighted by Gasteiger charge is -2.20. The minimum atomic E-state index is 0.0986. The minimum absolute atomic E-state index is 0.0986. The third kappa shape index (κ3) is 3.68. The molecule has 106 valence electrons. The van der Waals surface area contributed by atoms with E-state index in [0.717, 1.165) is 11.3 Å². The molecular formula is C17H18Cl2O. The van der Waals surface area contributed by atoms with Crippen LogP contribution in [0, 0.1) is 0 Å². The molecule has 0 heterocycles. The quantitative estimate of drug-likeness (QED) is 0.689. The van der Waals surface area contributed by atoms with Gasteiger partial charge in [0.05, 0.1) is 0 Å². The van der Waals surface area contributed by atoms with Gasteiger partial charge < -0.3 is 4.74 Å². The van der Waals surface area contributed by atoms with Crippen LogP contribution in [0.5, 0.6) is 5.75 Å². The average Bonchev–Trinajstić information content (AvgIpc) is 2.37. The van der Waals surface area contributed by atoms with E-state index in [1.54, 1.807) is 0 Å². The smallest absolute Gasteiger partial charge is 0.120 e. The summed E-state index contributed by atoms with van der Waals surface area (Å²) in [6, 6.07) is 13.6. The van der Waals surface area contributed by atoms with Crippen LogP contribution in [0.15, 0.2) is 42.5 Å². The molecule has 0 aliphatic carbocycles. The van der Waals surface area contributed by atoms with Crippen LogP contribution in [-0.2, 0) is 12.0 Å². The molecule has 2 aromatic carbocycles. The Morgan fingerprint density at radius 2 is 1.55 bits per heavy atom. The highest BCUT2D eigenvalue weighted by molar-refractivity contribution is 6.35. The topological polar surface area (TPSA) is 9.23 Å². The van der Waals surface area contributed by atoms with Crippen LogP contribution in [0.1, 0.15) is 31.9 Å². The molecule has 20 heavy (non-hydrogen) atoms. The predicted octanol–water partition coefficient (Wildman–Crippen LogP) is 5.87. The molecule has 0 amide bonds. The first-order valence-corrected chi connectivity index (χ1v) is 7.30. The van der Waals surface area contributed by atoms with Crippen LogP contribution in [0.25, 0.3) is 0 Å². The lowest BCUT2D eigenvalue weighted by atomic mass is 9.87. The van der Waals surface area contributed by atoms with Crippen molar-refractivity contribution in [1.29, 1.82) is 0 Å². The van der Waals surface area contributed by atoms with Gasteiger partial charge in [0.25, 0.3) is 0 Å². The standard InChI is InChI=1S/C17H18Cl2O/c1-17(2,3)12-6-4-7-13(10-12)20-11-14-15(18)8-5-9-16(14)19/h4-10H,11H2,1-3H3. The zero-order valence-electron chi connectivity index (χ0n) is 11.9. The molecule has 2 rings (SSSR count). The lowest BCUT2D eigenvalue weighted by molar-refractivity contribution is 0.305. The van der Waals surface area contributed by atoms with Gasteiger partial charge in [0.1, 0.15) is 12.4 Å². The van der Waals surface area contributed by atoms with Gasteiger partial charge in [0.15, 0.2) is 0 Å². The fraction of sp³-hybridized carbons (Fsp3) is 0.294. The highest BCUT2D eigenvalue weighted by atomic mass is 35.5. The first-order valence-electron chi connectivity index (χ1n) is 6.54. The fourth-order valence-electron chi connectivity index (χ4n) is 1.88. The molecule has 0 spiro atoms. The van der Waals surface area contributed by atoms with Crippen molar-refractivity contribution in [3.05, 3.63) is 63.6 Å². The predicted molar refractivity (Wildman–Crippen MR) is 85.9 cm³/mol. The zero-order chi connectivity index (χ0) is 14.8. The first kappa shape index (κ1) is 15.2. The van der Waals surface area contributed by atoms with Crippen molar-refractivity contribution in [3.63, 3.8) is 0 Å². The monoisotopic (exact) mass is 308 g/mol. The van der Waals surface area contributed by atoms with E-state index in [2.05, 4.69) is 32.9 Å². The van der Waals surface area contributed by atoms with Gasteiger partial charge in [-0.05, 0) is 35.2 Å². The van der Waals surface area contributed by atoms with Gasteiger partial charge in [-0.15, -0.1) is 0 Å². The van der Waals surface area contributed by atoms with Crippen molar-refractivity contribution in [2.75, 3.05) is 0 Å². The molecule has 0 aromatic heterocycles. The molecule has 3 heteroatoms. The molecule has 0 aliphatic heterocycles. The van der Waals surface area contributed by atoms with Crippen molar-refractivity contribution < 1.29 is 4.74 Å². The Morgan fingerprint density at radius 3 is 2.15 bits per heavy atom. The van der Waals surface area contributed by atoms with E-state index >= 15 is 0 Å². The highest BCUT2D eigenvalue weighted by Crippen LogP contribution is 2.28. The molecule has 0 aliphatic rings. The molecule has 0 bridgehead atoms. The Morgan fingerprint density at radius 1 is 0.950 bits per heavy atom. The second-order valence-electron chi connectivity index (χ2n) is 5.77. The maximum absolute atomic E-state index is 6.14. The van der Waals surface area contributed by atoms with E-state index < -0.39 is 0 Å². The fourth-order valence-corrected chi connectivity index (χ4v) is 2.38. The van der Waals surface area contributed by atoms with Gasteiger partial charge >= 0.3 is 0 Å². The molecule has 0 fully saturated rings. The van der Waals surface area contributed by atoms with Gasteiger partial charge in [-0.3, -0.25) is 0 Å². The van der Waals surface area contributed by atoms with Crippen molar-refractivity contribution in [3.8, 4) is 5.75 Å². The molecule has 0 saturated heterocycles.